The van der Waals surface area contributed by atoms with Gasteiger partial charge in [0.05, 0.1) is 6.54 Å². The first-order valence-corrected chi connectivity index (χ1v) is 7.70. The summed E-state index contributed by atoms with van der Waals surface area (Å²) < 4.78 is 0. The first kappa shape index (κ1) is 16.3. The largest absolute Gasteiger partial charge is 0.370 e. The predicted molar refractivity (Wildman–Crippen MR) is 83.5 cm³/mol. The maximum Gasteiger partial charge on any atom is 0.188 e. The van der Waals surface area contributed by atoms with Crippen molar-refractivity contribution in [2.45, 2.75) is 58.9 Å². The highest BCUT2D eigenvalue weighted by atomic mass is 15.2. The van der Waals surface area contributed by atoms with Gasteiger partial charge in [0, 0.05) is 12.1 Å². The Morgan fingerprint density at radius 3 is 2.47 bits per heavy atom. The monoisotopic (exact) mass is 268 g/mol. The molecule has 0 spiro atoms. The number of rotatable bonds is 6. The summed E-state index contributed by atoms with van der Waals surface area (Å²) in [6.45, 7) is 13.0. The molecule has 0 aromatic rings. The van der Waals surface area contributed by atoms with Crippen molar-refractivity contribution in [2.24, 2.45) is 16.6 Å². The normalized spacial score (nSPS) is 18.9. The third-order valence-electron chi connectivity index (χ3n) is 3.88. The van der Waals surface area contributed by atoms with E-state index in [1.54, 1.807) is 0 Å². The number of nitrogens with two attached hydrogens (primary N) is 1. The van der Waals surface area contributed by atoms with Crippen LogP contribution in [0, 0.1) is 5.92 Å². The Labute approximate surface area is 118 Å². The third kappa shape index (κ3) is 6.28. The van der Waals surface area contributed by atoms with Crippen LogP contribution in [0.5, 0.6) is 0 Å². The van der Waals surface area contributed by atoms with E-state index < -0.39 is 0 Å². The summed E-state index contributed by atoms with van der Waals surface area (Å²) >= 11 is 0. The molecule has 0 aromatic carbocycles. The molecule has 0 saturated carbocycles. The second-order valence-electron chi connectivity index (χ2n) is 6.67. The van der Waals surface area contributed by atoms with Crippen molar-refractivity contribution in [3.8, 4) is 0 Å². The Morgan fingerprint density at radius 1 is 1.26 bits per heavy atom. The van der Waals surface area contributed by atoms with E-state index in [4.69, 9.17) is 5.73 Å². The van der Waals surface area contributed by atoms with Gasteiger partial charge in [0.25, 0.3) is 0 Å². The van der Waals surface area contributed by atoms with Crippen LogP contribution in [-0.2, 0) is 0 Å². The Hall–Kier alpha value is -0.770. The van der Waals surface area contributed by atoms with Crippen LogP contribution in [0.4, 0.5) is 0 Å². The van der Waals surface area contributed by atoms with Crippen LogP contribution in [0.15, 0.2) is 4.99 Å². The number of piperidine rings is 1. The molecule has 0 atom stereocenters. The molecule has 1 fully saturated rings. The lowest BCUT2D eigenvalue weighted by molar-refractivity contribution is 0.102. The molecule has 1 aliphatic rings. The SMILES string of the molecule is CC(C)CCNC(N)=NCC(C)(C)N1CCCCC1. The topological polar surface area (TPSA) is 53.6 Å². The standard InChI is InChI=1S/C15H32N4/c1-13(2)8-9-17-14(16)18-12-15(3,4)19-10-6-5-7-11-19/h13H,5-12H2,1-4H3,(H3,16,17,18). The lowest BCUT2D eigenvalue weighted by Crippen LogP contribution is -2.49. The van der Waals surface area contributed by atoms with Gasteiger partial charge in [-0.25, -0.2) is 0 Å². The summed E-state index contributed by atoms with van der Waals surface area (Å²) in [6, 6.07) is 0. The molecule has 1 rings (SSSR count). The molecule has 1 saturated heterocycles. The lowest BCUT2D eigenvalue weighted by Gasteiger charge is -2.40. The van der Waals surface area contributed by atoms with E-state index in [0.717, 1.165) is 19.5 Å². The summed E-state index contributed by atoms with van der Waals surface area (Å²) in [7, 11) is 0. The van der Waals surface area contributed by atoms with Crippen molar-refractivity contribution in [1.82, 2.24) is 10.2 Å². The van der Waals surface area contributed by atoms with E-state index in [0.29, 0.717) is 11.9 Å². The van der Waals surface area contributed by atoms with E-state index in [-0.39, 0.29) is 5.54 Å². The van der Waals surface area contributed by atoms with Crippen molar-refractivity contribution >= 4 is 5.96 Å². The van der Waals surface area contributed by atoms with Crippen molar-refractivity contribution in [1.29, 1.82) is 0 Å². The van der Waals surface area contributed by atoms with Gasteiger partial charge in [-0.15, -0.1) is 0 Å². The predicted octanol–water partition coefficient (Wildman–Crippen LogP) is 2.20. The van der Waals surface area contributed by atoms with E-state index in [1.807, 2.05) is 0 Å². The van der Waals surface area contributed by atoms with E-state index in [2.05, 4.69) is 42.9 Å². The number of hydrogen-bond acceptors (Lipinski definition) is 2. The zero-order chi connectivity index (χ0) is 14.3. The summed E-state index contributed by atoms with van der Waals surface area (Å²) in [6.07, 6.45) is 5.13. The number of hydrogen-bond donors (Lipinski definition) is 2. The molecule has 0 aromatic heterocycles. The number of nitrogens with one attached hydrogen (secondary N) is 1. The molecule has 1 aliphatic heterocycles. The van der Waals surface area contributed by atoms with Crippen molar-refractivity contribution in [3.05, 3.63) is 0 Å². The molecule has 0 amide bonds. The molecule has 0 unspecified atom stereocenters. The van der Waals surface area contributed by atoms with Gasteiger partial charge in [-0.3, -0.25) is 9.89 Å². The molecule has 0 aliphatic carbocycles. The molecular formula is C15H32N4. The van der Waals surface area contributed by atoms with Crippen LogP contribution in [0.2, 0.25) is 0 Å². The average Bonchev–Trinajstić information content (AvgIpc) is 2.37. The van der Waals surface area contributed by atoms with E-state index >= 15 is 0 Å². The van der Waals surface area contributed by atoms with Crippen LogP contribution in [-0.4, -0.2) is 42.6 Å². The van der Waals surface area contributed by atoms with Crippen LogP contribution in [0.25, 0.3) is 0 Å². The molecule has 4 nitrogen and oxygen atoms in total. The molecule has 19 heavy (non-hydrogen) atoms. The quantitative estimate of drug-likeness (QED) is 0.573. The Morgan fingerprint density at radius 2 is 1.89 bits per heavy atom. The maximum atomic E-state index is 5.92. The van der Waals surface area contributed by atoms with Gasteiger partial charge in [0.1, 0.15) is 0 Å². The van der Waals surface area contributed by atoms with Gasteiger partial charge >= 0.3 is 0 Å². The van der Waals surface area contributed by atoms with Gasteiger partial charge in [-0.2, -0.15) is 0 Å². The minimum Gasteiger partial charge on any atom is -0.370 e. The fourth-order valence-electron chi connectivity index (χ4n) is 2.42. The maximum absolute atomic E-state index is 5.92. The number of guanidine groups is 1. The zero-order valence-corrected chi connectivity index (χ0v) is 13.2. The summed E-state index contributed by atoms with van der Waals surface area (Å²) in [5.74, 6) is 1.29. The van der Waals surface area contributed by atoms with Crippen LogP contribution in [0.1, 0.15) is 53.4 Å². The second kappa shape index (κ2) is 7.73. The third-order valence-corrected chi connectivity index (χ3v) is 3.88. The highest BCUT2D eigenvalue weighted by Gasteiger charge is 2.27. The van der Waals surface area contributed by atoms with Gasteiger partial charge in [-0.1, -0.05) is 20.3 Å². The first-order valence-electron chi connectivity index (χ1n) is 7.70. The van der Waals surface area contributed by atoms with Crippen LogP contribution >= 0.6 is 0 Å². The van der Waals surface area contributed by atoms with Gasteiger partial charge in [0.15, 0.2) is 5.96 Å². The molecule has 0 radical (unpaired) electrons. The summed E-state index contributed by atoms with van der Waals surface area (Å²) in [4.78, 5) is 7.05. The Balaban J connectivity index is 2.35. The van der Waals surface area contributed by atoms with E-state index in [1.165, 1.54) is 32.4 Å². The molecular weight excluding hydrogens is 236 g/mol. The van der Waals surface area contributed by atoms with Crippen LogP contribution < -0.4 is 11.1 Å². The summed E-state index contributed by atoms with van der Waals surface area (Å²) in [5.41, 5.74) is 6.03. The number of nitrogens with zero attached hydrogens (tertiary/aromatic N) is 2. The fraction of sp³-hybridized carbons (Fsp3) is 0.933. The molecule has 112 valence electrons. The van der Waals surface area contributed by atoms with Gasteiger partial charge < -0.3 is 11.1 Å². The smallest absolute Gasteiger partial charge is 0.188 e. The summed E-state index contributed by atoms with van der Waals surface area (Å²) in [5, 5.41) is 3.20. The molecule has 1 heterocycles. The zero-order valence-electron chi connectivity index (χ0n) is 13.2. The lowest BCUT2D eigenvalue weighted by atomic mass is 9.99. The van der Waals surface area contributed by atoms with E-state index in [9.17, 15) is 0 Å². The highest BCUT2D eigenvalue weighted by Crippen LogP contribution is 2.20. The fourth-order valence-corrected chi connectivity index (χ4v) is 2.42. The molecule has 0 bridgehead atoms. The highest BCUT2D eigenvalue weighted by molar-refractivity contribution is 5.77. The molecule has 4 heteroatoms. The number of aliphatic imine (C=N–C) groups is 1. The van der Waals surface area contributed by atoms with Crippen molar-refractivity contribution in [2.75, 3.05) is 26.2 Å². The minimum absolute atomic E-state index is 0.116. The second-order valence-corrected chi connectivity index (χ2v) is 6.67. The van der Waals surface area contributed by atoms with Crippen LogP contribution in [0.3, 0.4) is 0 Å². The number of likely N-dealkylation sites (tertiary alicyclic amines) is 1. The average molecular weight is 268 g/mol. The Bertz CT molecular complexity index is 278. The Kier molecular flexibility index (Phi) is 6.63. The first-order chi connectivity index (χ1) is 8.92. The van der Waals surface area contributed by atoms with Gasteiger partial charge in [-0.05, 0) is 52.1 Å². The van der Waals surface area contributed by atoms with Gasteiger partial charge in [0.2, 0.25) is 0 Å². The minimum atomic E-state index is 0.116. The van der Waals surface area contributed by atoms with Crippen molar-refractivity contribution in [3.63, 3.8) is 0 Å². The van der Waals surface area contributed by atoms with Crippen molar-refractivity contribution < 1.29 is 0 Å². The molecule has 3 N–H and O–H groups in total.